The summed E-state index contributed by atoms with van der Waals surface area (Å²) in [7, 11) is 0. The molecule has 1 aliphatic heterocycles. The highest BCUT2D eigenvalue weighted by Gasteiger charge is 2.39. The molecule has 0 saturated carbocycles. The summed E-state index contributed by atoms with van der Waals surface area (Å²) < 4.78 is 0.854. The first-order chi connectivity index (χ1) is 8.98. The van der Waals surface area contributed by atoms with Gasteiger partial charge in [-0.1, -0.05) is 18.5 Å². The maximum atomic E-state index is 12.5. The van der Waals surface area contributed by atoms with Crippen LogP contribution in [0.5, 0.6) is 0 Å². The third-order valence-electron chi connectivity index (χ3n) is 3.78. The smallest absolute Gasteiger partial charge is 0.244 e. The van der Waals surface area contributed by atoms with Crippen molar-refractivity contribution in [2.75, 3.05) is 11.9 Å². The van der Waals surface area contributed by atoms with Gasteiger partial charge in [-0.15, -0.1) is 0 Å². The number of carbonyl (C=O) groups is 1. The molecule has 0 radical (unpaired) electrons. The highest BCUT2D eigenvalue weighted by atomic mass is 79.9. The molecule has 104 valence electrons. The van der Waals surface area contributed by atoms with E-state index in [4.69, 9.17) is 11.6 Å². The van der Waals surface area contributed by atoms with Crippen LogP contribution in [0.4, 0.5) is 5.69 Å². The predicted octanol–water partition coefficient (Wildman–Crippen LogP) is 3.88. The number of anilines is 1. The number of hydrogen-bond donors (Lipinski definition) is 2. The summed E-state index contributed by atoms with van der Waals surface area (Å²) in [6, 6.07) is 3.70. The van der Waals surface area contributed by atoms with E-state index in [1.54, 1.807) is 6.07 Å². The van der Waals surface area contributed by atoms with E-state index in [-0.39, 0.29) is 5.91 Å². The largest absolute Gasteiger partial charge is 0.323 e. The van der Waals surface area contributed by atoms with Gasteiger partial charge in [0.15, 0.2) is 0 Å². The maximum Gasteiger partial charge on any atom is 0.244 e. The van der Waals surface area contributed by atoms with Crippen LogP contribution in [-0.4, -0.2) is 18.0 Å². The van der Waals surface area contributed by atoms with Gasteiger partial charge in [-0.05, 0) is 66.4 Å². The number of amides is 1. The monoisotopic (exact) mass is 344 g/mol. The van der Waals surface area contributed by atoms with Crippen LogP contribution in [-0.2, 0) is 4.79 Å². The molecular formula is C14H18BrClN2O. The van der Waals surface area contributed by atoms with Crippen LogP contribution in [0.25, 0.3) is 0 Å². The molecule has 1 aliphatic rings. The minimum Gasteiger partial charge on any atom is -0.323 e. The Labute approximate surface area is 127 Å². The number of benzene rings is 1. The minimum absolute atomic E-state index is 0.0214. The van der Waals surface area contributed by atoms with Crippen LogP contribution in [0.15, 0.2) is 16.6 Å². The summed E-state index contributed by atoms with van der Waals surface area (Å²) in [5, 5.41) is 6.96. The summed E-state index contributed by atoms with van der Waals surface area (Å²) in [4.78, 5) is 12.5. The van der Waals surface area contributed by atoms with Crippen molar-refractivity contribution < 1.29 is 4.79 Å². The predicted molar refractivity (Wildman–Crippen MR) is 82.8 cm³/mol. The third kappa shape index (κ3) is 2.96. The van der Waals surface area contributed by atoms with Crippen molar-refractivity contribution in [1.29, 1.82) is 0 Å². The van der Waals surface area contributed by atoms with E-state index in [1.807, 2.05) is 19.9 Å². The fraction of sp³-hybridized carbons (Fsp3) is 0.500. The minimum atomic E-state index is -0.434. The summed E-state index contributed by atoms with van der Waals surface area (Å²) in [5.74, 6) is 0.0214. The van der Waals surface area contributed by atoms with Gasteiger partial charge in [0.05, 0.1) is 11.2 Å². The number of hydrogen-bond acceptors (Lipinski definition) is 2. The Morgan fingerprint density at radius 3 is 2.89 bits per heavy atom. The van der Waals surface area contributed by atoms with Gasteiger partial charge in [0, 0.05) is 9.50 Å². The SMILES string of the molecule is CCC1(C(=O)Nc2cc(Cl)c(C)cc2Br)CCCN1. The zero-order valence-corrected chi connectivity index (χ0v) is 13.5. The van der Waals surface area contributed by atoms with E-state index in [2.05, 4.69) is 26.6 Å². The van der Waals surface area contributed by atoms with Gasteiger partial charge < -0.3 is 10.6 Å². The van der Waals surface area contributed by atoms with Crippen LogP contribution in [0.2, 0.25) is 5.02 Å². The molecule has 0 aliphatic carbocycles. The molecule has 2 N–H and O–H groups in total. The van der Waals surface area contributed by atoms with Crippen LogP contribution in [0.3, 0.4) is 0 Å². The van der Waals surface area contributed by atoms with Crippen molar-refractivity contribution in [3.8, 4) is 0 Å². The third-order valence-corrected chi connectivity index (χ3v) is 4.84. The Kier molecular flexibility index (Phi) is 4.54. The lowest BCUT2D eigenvalue weighted by Crippen LogP contribution is -2.50. The number of rotatable bonds is 3. The highest BCUT2D eigenvalue weighted by molar-refractivity contribution is 9.10. The number of carbonyl (C=O) groups excluding carboxylic acids is 1. The quantitative estimate of drug-likeness (QED) is 0.873. The van der Waals surface area contributed by atoms with Gasteiger partial charge in [-0.3, -0.25) is 4.79 Å². The van der Waals surface area contributed by atoms with E-state index in [0.29, 0.717) is 5.02 Å². The standard InChI is InChI=1S/C14H18BrClN2O/c1-3-14(5-4-6-17-14)13(19)18-12-8-11(16)9(2)7-10(12)15/h7-8,17H,3-6H2,1-2H3,(H,18,19). The molecule has 1 fully saturated rings. The molecule has 1 unspecified atom stereocenters. The molecule has 0 bridgehead atoms. The lowest BCUT2D eigenvalue weighted by molar-refractivity contribution is -0.122. The van der Waals surface area contributed by atoms with E-state index in [1.165, 1.54) is 0 Å². The van der Waals surface area contributed by atoms with E-state index >= 15 is 0 Å². The van der Waals surface area contributed by atoms with Crippen molar-refractivity contribution in [1.82, 2.24) is 5.32 Å². The molecule has 0 aromatic heterocycles. The molecule has 1 amide bonds. The molecule has 0 spiro atoms. The van der Waals surface area contributed by atoms with E-state index in [0.717, 1.165) is 41.5 Å². The molecule has 3 nitrogen and oxygen atoms in total. The van der Waals surface area contributed by atoms with Crippen molar-refractivity contribution in [3.05, 3.63) is 27.2 Å². The second-order valence-corrected chi connectivity index (χ2v) is 6.26. The Bertz CT molecular complexity index is 498. The van der Waals surface area contributed by atoms with Gasteiger partial charge in [0.1, 0.15) is 0 Å². The lowest BCUT2D eigenvalue weighted by Gasteiger charge is -2.27. The highest BCUT2D eigenvalue weighted by Crippen LogP contribution is 2.31. The topological polar surface area (TPSA) is 41.1 Å². The van der Waals surface area contributed by atoms with Crippen molar-refractivity contribution >= 4 is 39.1 Å². The molecule has 19 heavy (non-hydrogen) atoms. The summed E-state index contributed by atoms with van der Waals surface area (Å²) >= 11 is 9.57. The van der Waals surface area contributed by atoms with Crippen LogP contribution in [0, 0.1) is 6.92 Å². The average Bonchev–Trinajstić information content (AvgIpc) is 2.86. The average molecular weight is 346 g/mol. The molecule has 1 aromatic carbocycles. The second kappa shape index (κ2) is 5.81. The summed E-state index contributed by atoms with van der Waals surface area (Å²) in [6.07, 6.45) is 2.71. The van der Waals surface area contributed by atoms with E-state index in [9.17, 15) is 4.79 Å². The molecule has 1 heterocycles. The number of nitrogens with one attached hydrogen (secondary N) is 2. The zero-order chi connectivity index (χ0) is 14.0. The molecular weight excluding hydrogens is 328 g/mol. The van der Waals surface area contributed by atoms with Gasteiger partial charge in [0.25, 0.3) is 0 Å². The van der Waals surface area contributed by atoms with Crippen LogP contribution >= 0.6 is 27.5 Å². The number of halogens is 2. The number of aryl methyl sites for hydroxylation is 1. The summed E-state index contributed by atoms with van der Waals surface area (Å²) in [6.45, 7) is 4.87. The van der Waals surface area contributed by atoms with Gasteiger partial charge >= 0.3 is 0 Å². The molecule has 5 heteroatoms. The van der Waals surface area contributed by atoms with Crippen molar-refractivity contribution in [2.24, 2.45) is 0 Å². The fourth-order valence-corrected chi connectivity index (χ4v) is 3.17. The molecule has 1 atom stereocenters. The van der Waals surface area contributed by atoms with Gasteiger partial charge in [-0.25, -0.2) is 0 Å². The van der Waals surface area contributed by atoms with Gasteiger partial charge in [0.2, 0.25) is 5.91 Å². The first kappa shape index (κ1) is 14.8. The second-order valence-electron chi connectivity index (χ2n) is 5.00. The Balaban J connectivity index is 2.21. The Morgan fingerprint density at radius 1 is 1.58 bits per heavy atom. The van der Waals surface area contributed by atoms with Crippen LogP contribution < -0.4 is 10.6 Å². The van der Waals surface area contributed by atoms with Crippen LogP contribution in [0.1, 0.15) is 31.7 Å². The first-order valence-corrected chi connectivity index (χ1v) is 7.68. The van der Waals surface area contributed by atoms with Crippen molar-refractivity contribution in [2.45, 2.75) is 38.6 Å². The Hall–Kier alpha value is -0.580. The molecule has 2 rings (SSSR count). The molecule has 1 aromatic rings. The van der Waals surface area contributed by atoms with Crippen molar-refractivity contribution in [3.63, 3.8) is 0 Å². The Morgan fingerprint density at radius 2 is 2.32 bits per heavy atom. The zero-order valence-electron chi connectivity index (χ0n) is 11.1. The summed E-state index contributed by atoms with van der Waals surface area (Å²) in [5.41, 5.74) is 1.27. The normalized spacial score (nSPS) is 22.5. The first-order valence-electron chi connectivity index (χ1n) is 6.50. The van der Waals surface area contributed by atoms with Gasteiger partial charge in [-0.2, -0.15) is 0 Å². The fourth-order valence-electron chi connectivity index (χ4n) is 2.45. The maximum absolute atomic E-state index is 12.5. The molecule has 1 saturated heterocycles. The lowest BCUT2D eigenvalue weighted by atomic mass is 9.93. The van der Waals surface area contributed by atoms with E-state index < -0.39 is 5.54 Å².